The third-order valence-electron chi connectivity index (χ3n) is 3.05. The SMILES string of the molecule is CCOc1cccc2cc(C(C)(C)C)c(NN)nc12. The number of hydrazine groups is 1. The second kappa shape index (κ2) is 5.05. The van der Waals surface area contributed by atoms with E-state index in [0.29, 0.717) is 12.4 Å². The third-order valence-corrected chi connectivity index (χ3v) is 3.05. The number of nitrogens with zero attached hydrogens (tertiary/aromatic N) is 1. The molecule has 0 spiro atoms. The number of nitrogens with one attached hydrogen (secondary N) is 1. The minimum atomic E-state index is -0.0233. The summed E-state index contributed by atoms with van der Waals surface area (Å²) in [6, 6.07) is 8.08. The van der Waals surface area contributed by atoms with Crippen LogP contribution in [0.5, 0.6) is 5.75 Å². The van der Waals surface area contributed by atoms with Crippen molar-refractivity contribution < 1.29 is 4.74 Å². The Morgan fingerprint density at radius 2 is 2.05 bits per heavy atom. The molecule has 0 aliphatic carbocycles. The summed E-state index contributed by atoms with van der Waals surface area (Å²) in [6.45, 7) is 9.01. The number of anilines is 1. The van der Waals surface area contributed by atoms with E-state index in [-0.39, 0.29) is 5.41 Å². The van der Waals surface area contributed by atoms with Gasteiger partial charge in [-0.1, -0.05) is 32.9 Å². The van der Waals surface area contributed by atoms with Gasteiger partial charge in [0.25, 0.3) is 0 Å². The fourth-order valence-corrected chi connectivity index (χ4v) is 2.13. The molecule has 3 N–H and O–H groups in total. The molecule has 1 heterocycles. The van der Waals surface area contributed by atoms with Gasteiger partial charge in [0.1, 0.15) is 17.1 Å². The maximum absolute atomic E-state index is 5.61. The van der Waals surface area contributed by atoms with Crippen molar-refractivity contribution in [2.24, 2.45) is 5.84 Å². The first-order valence-electron chi connectivity index (χ1n) is 6.51. The smallest absolute Gasteiger partial charge is 0.145 e. The van der Waals surface area contributed by atoms with E-state index >= 15 is 0 Å². The molecule has 2 rings (SSSR count). The number of nitrogens with two attached hydrogens (primary N) is 1. The van der Waals surface area contributed by atoms with Gasteiger partial charge < -0.3 is 10.2 Å². The van der Waals surface area contributed by atoms with E-state index in [9.17, 15) is 0 Å². The molecule has 0 saturated carbocycles. The fourth-order valence-electron chi connectivity index (χ4n) is 2.13. The van der Waals surface area contributed by atoms with Crippen molar-refractivity contribution in [1.82, 2.24) is 4.98 Å². The van der Waals surface area contributed by atoms with Crippen LogP contribution in [0.3, 0.4) is 0 Å². The summed E-state index contributed by atoms with van der Waals surface area (Å²) in [7, 11) is 0. The van der Waals surface area contributed by atoms with Crippen LogP contribution in [0, 0.1) is 0 Å². The summed E-state index contributed by atoms with van der Waals surface area (Å²) in [5, 5.41) is 1.06. The number of rotatable bonds is 3. The van der Waals surface area contributed by atoms with Gasteiger partial charge in [-0.3, -0.25) is 0 Å². The van der Waals surface area contributed by atoms with Crippen LogP contribution in [-0.2, 0) is 5.41 Å². The molecule has 0 bridgehead atoms. The van der Waals surface area contributed by atoms with Gasteiger partial charge in [0.05, 0.1) is 6.61 Å². The predicted molar refractivity (Wildman–Crippen MR) is 79.4 cm³/mol. The minimum absolute atomic E-state index is 0.0233. The number of nitrogen functional groups attached to an aromatic ring is 1. The molecule has 0 aliphatic rings. The highest BCUT2D eigenvalue weighted by Gasteiger charge is 2.20. The van der Waals surface area contributed by atoms with Crippen LogP contribution in [0.25, 0.3) is 10.9 Å². The lowest BCUT2D eigenvalue weighted by atomic mass is 9.86. The topological polar surface area (TPSA) is 60.2 Å². The average molecular weight is 259 g/mol. The van der Waals surface area contributed by atoms with Crippen molar-refractivity contribution in [1.29, 1.82) is 0 Å². The Hall–Kier alpha value is -1.81. The van der Waals surface area contributed by atoms with Gasteiger partial charge >= 0.3 is 0 Å². The first-order valence-corrected chi connectivity index (χ1v) is 6.51. The monoisotopic (exact) mass is 259 g/mol. The normalized spacial score (nSPS) is 11.6. The number of para-hydroxylation sites is 1. The van der Waals surface area contributed by atoms with Gasteiger partial charge in [-0.05, 0) is 24.5 Å². The third kappa shape index (κ3) is 2.63. The Bertz CT molecular complexity index is 588. The van der Waals surface area contributed by atoms with Crippen LogP contribution in [0.15, 0.2) is 24.3 Å². The van der Waals surface area contributed by atoms with Crippen molar-refractivity contribution in [3.63, 3.8) is 0 Å². The van der Waals surface area contributed by atoms with Crippen LogP contribution >= 0.6 is 0 Å². The molecule has 102 valence electrons. The van der Waals surface area contributed by atoms with Gasteiger partial charge in [0, 0.05) is 10.9 Å². The Morgan fingerprint density at radius 3 is 2.63 bits per heavy atom. The number of hydrogen-bond acceptors (Lipinski definition) is 4. The highest BCUT2D eigenvalue weighted by Crippen LogP contribution is 2.33. The molecule has 0 amide bonds. The first-order chi connectivity index (χ1) is 8.97. The molecular weight excluding hydrogens is 238 g/mol. The van der Waals surface area contributed by atoms with E-state index in [2.05, 4.69) is 37.2 Å². The van der Waals surface area contributed by atoms with Crippen LogP contribution in [0.4, 0.5) is 5.82 Å². The van der Waals surface area contributed by atoms with Crippen molar-refractivity contribution in [3.05, 3.63) is 29.8 Å². The van der Waals surface area contributed by atoms with E-state index in [1.165, 1.54) is 0 Å². The van der Waals surface area contributed by atoms with Crippen LogP contribution in [0.2, 0.25) is 0 Å². The van der Waals surface area contributed by atoms with Gasteiger partial charge in [-0.2, -0.15) is 0 Å². The number of ether oxygens (including phenoxy) is 1. The standard InChI is InChI=1S/C15H21N3O/c1-5-19-12-8-6-7-10-9-11(15(2,3)4)14(18-16)17-13(10)12/h6-9H,5,16H2,1-4H3,(H,17,18). The maximum Gasteiger partial charge on any atom is 0.145 e. The number of benzene rings is 1. The zero-order valence-electron chi connectivity index (χ0n) is 11.9. The molecule has 0 radical (unpaired) electrons. The fraction of sp³-hybridized carbons (Fsp3) is 0.400. The number of hydrogen-bond donors (Lipinski definition) is 2. The largest absolute Gasteiger partial charge is 0.492 e. The van der Waals surface area contributed by atoms with Crippen LogP contribution < -0.4 is 16.0 Å². The van der Waals surface area contributed by atoms with Crippen molar-refractivity contribution >= 4 is 16.7 Å². The van der Waals surface area contributed by atoms with E-state index in [1.54, 1.807) is 0 Å². The molecule has 2 aromatic rings. The molecule has 1 aromatic heterocycles. The number of pyridine rings is 1. The van der Waals surface area contributed by atoms with Crippen molar-refractivity contribution in [2.75, 3.05) is 12.0 Å². The number of aromatic nitrogens is 1. The van der Waals surface area contributed by atoms with Crippen LogP contribution in [-0.4, -0.2) is 11.6 Å². The summed E-state index contributed by atoms with van der Waals surface area (Å²) >= 11 is 0. The molecule has 19 heavy (non-hydrogen) atoms. The maximum atomic E-state index is 5.61. The van der Waals surface area contributed by atoms with Crippen molar-refractivity contribution in [3.8, 4) is 5.75 Å². The quantitative estimate of drug-likeness (QED) is 0.656. The highest BCUT2D eigenvalue weighted by atomic mass is 16.5. The van der Waals surface area contributed by atoms with Gasteiger partial charge in [-0.15, -0.1) is 0 Å². The molecule has 0 fully saturated rings. The average Bonchev–Trinajstić information content (AvgIpc) is 2.37. The van der Waals surface area contributed by atoms with E-state index in [4.69, 9.17) is 10.6 Å². The lowest BCUT2D eigenvalue weighted by Gasteiger charge is -2.22. The Labute approximate surface area is 113 Å². The Morgan fingerprint density at radius 1 is 1.32 bits per heavy atom. The molecule has 0 aliphatic heterocycles. The van der Waals surface area contributed by atoms with E-state index < -0.39 is 0 Å². The second-order valence-electron chi connectivity index (χ2n) is 5.54. The Balaban J connectivity index is 2.70. The van der Waals surface area contributed by atoms with Crippen LogP contribution in [0.1, 0.15) is 33.3 Å². The highest BCUT2D eigenvalue weighted by molar-refractivity contribution is 5.87. The minimum Gasteiger partial charge on any atom is -0.492 e. The van der Waals surface area contributed by atoms with E-state index in [0.717, 1.165) is 22.2 Å². The molecule has 4 heteroatoms. The van der Waals surface area contributed by atoms with E-state index in [1.807, 2.05) is 25.1 Å². The molecule has 0 saturated heterocycles. The number of fused-ring (bicyclic) bond motifs is 1. The summed E-state index contributed by atoms with van der Waals surface area (Å²) in [5.41, 5.74) is 4.61. The van der Waals surface area contributed by atoms with Gasteiger partial charge in [-0.25, -0.2) is 10.8 Å². The molecule has 0 unspecified atom stereocenters. The van der Waals surface area contributed by atoms with Gasteiger partial charge in [0.15, 0.2) is 0 Å². The van der Waals surface area contributed by atoms with Crippen molar-refractivity contribution in [2.45, 2.75) is 33.1 Å². The Kier molecular flexibility index (Phi) is 3.62. The predicted octanol–water partition coefficient (Wildman–Crippen LogP) is 3.22. The lowest BCUT2D eigenvalue weighted by Crippen LogP contribution is -2.19. The molecular formula is C15H21N3O. The zero-order valence-corrected chi connectivity index (χ0v) is 11.9. The lowest BCUT2D eigenvalue weighted by molar-refractivity contribution is 0.343. The molecule has 0 atom stereocenters. The molecule has 1 aromatic carbocycles. The van der Waals surface area contributed by atoms with Gasteiger partial charge in [0.2, 0.25) is 0 Å². The molecule has 4 nitrogen and oxygen atoms in total. The summed E-state index contributed by atoms with van der Waals surface area (Å²) < 4.78 is 5.61. The summed E-state index contributed by atoms with van der Waals surface area (Å²) in [6.07, 6.45) is 0. The second-order valence-corrected chi connectivity index (χ2v) is 5.54. The zero-order chi connectivity index (χ0) is 14.0. The first kappa shape index (κ1) is 13.6. The summed E-state index contributed by atoms with van der Waals surface area (Å²) in [5.74, 6) is 7.10. The summed E-state index contributed by atoms with van der Waals surface area (Å²) in [4.78, 5) is 4.62.